The lowest BCUT2D eigenvalue weighted by atomic mass is 10.3. The molecule has 0 spiro atoms. The molecule has 0 aromatic rings. The predicted octanol–water partition coefficient (Wildman–Crippen LogP) is -0.530. The van der Waals surface area contributed by atoms with Crippen molar-refractivity contribution in [2.45, 2.75) is 19.9 Å². The molecule has 48 valence electrons. The lowest BCUT2D eigenvalue weighted by Crippen LogP contribution is -2.36. The van der Waals surface area contributed by atoms with Gasteiger partial charge in [0.15, 0.2) is 0 Å². The molecule has 0 unspecified atom stereocenters. The van der Waals surface area contributed by atoms with E-state index in [-0.39, 0.29) is 11.9 Å². The zero-order chi connectivity index (χ0) is 6.57. The first-order valence-corrected chi connectivity index (χ1v) is 2.64. The van der Waals surface area contributed by atoms with Gasteiger partial charge in [0.05, 0.1) is 0 Å². The third kappa shape index (κ3) is 3.61. The molecule has 0 saturated carbocycles. The van der Waals surface area contributed by atoms with Gasteiger partial charge in [0.1, 0.15) is 0 Å². The Hall–Kier alpha value is -0.570. The summed E-state index contributed by atoms with van der Waals surface area (Å²) in [6.45, 7) is 3.84. The number of carbonyl (C=O) groups is 1. The molecule has 0 aromatic carbocycles. The second-order valence-electron chi connectivity index (χ2n) is 1.84. The topological polar surface area (TPSA) is 55.1 Å². The average molecular weight is 116 g/mol. The Morgan fingerprint density at radius 1 is 1.88 bits per heavy atom. The van der Waals surface area contributed by atoms with Gasteiger partial charge in [0.25, 0.3) is 0 Å². The minimum atomic E-state index is -0.0250. The van der Waals surface area contributed by atoms with Crippen LogP contribution in [0.15, 0.2) is 0 Å². The third-order valence-corrected chi connectivity index (χ3v) is 0.803. The largest absolute Gasteiger partial charge is 0.353 e. The highest BCUT2D eigenvalue weighted by molar-refractivity contribution is 5.73. The van der Waals surface area contributed by atoms with Crippen molar-refractivity contribution < 1.29 is 4.79 Å². The first-order chi connectivity index (χ1) is 3.66. The van der Waals surface area contributed by atoms with E-state index in [1.165, 1.54) is 6.92 Å². The Bertz CT molecular complexity index is 82.5. The Morgan fingerprint density at radius 3 is 2.50 bits per heavy atom. The van der Waals surface area contributed by atoms with E-state index in [2.05, 4.69) is 5.32 Å². The van der Waals surface area contributed by atoms with Crippen LogP contribution in [0.2, 0.25) is 0 Å². The molecule has 0 aliphatic carbocycles. The van der Waals surface area contributed by atoms with Gasteiger partial charge in [-0.25, -0.2) is 0 Å². The molecule has 0 rings (SSSR count). The van der Waals surface area contributed by atoms with E-state index >= 15 is 0 Å². The second kappa shape index (κ2) is 3.43. The Kier molecular flexibility index (Phi) is 3.19. The van der Waals surface area contributed by atoms with Crippen LogP contribution < -0.4 is 11.1 Å². The van der Waals surface area contributed by atoms with Gasteiger partial charge in [0, 0.05) is 19.5 Å². The highest BCUT2D eigenvalue weighted by atomic mass is 16.1. The average Bonchev–Trinajstić information content (AvgIpc) is 1.65. The minimum Gasteiger partial charge on any atom is -0.353 e. The van der Waals surface area contributed by atoms with Crippen LogP contribution in [0.3, 0.4) is 0 Å². The van der Waals surface area contributed by atoms with Crippen LogP contribution in [0, 0.1) is 0 Å². The highest BCUT2D eigenvalue weighted by Gasteiger charge is 1.96. The summed E-state index contributed by atoms with van der Waals surface area (Å²) in [4.78, 5) is 10.2. The van der Waals surface area contributed by atoms with E-state index in [0.717, 1.165) is 0 Å². The SMILES string of the molecule is CC(=O)N[C@@H](C)CN. The van der Waals surface area contributed by atoms with Crippen molar-refractivity contribution in [1.82, 2.24) is 5.32 Å². The van der Waals surface area contributed by atoms with Gasteiger partial charge in [0.2, 0.25) is 5.91 Å². The molecule has 0 bridgehead atoms. The maximum Gasteiger partial charge on any atom is 0.217 e. The maximum atomic E-state index is 10.2. The number of carbonyl (C=O) groups excluding carboxylic acids is 1. The van der Waals surface area contributed by atoms with Crippen molar-refractivity contribution in [2.75, 3.05) is 6.54 Å². The number of hydrogen-bond donors (Lipinski definition) is 2. The van der Waals surface area contributed by atoms with Crippen molar-refractivity contribution in [3.05, 3.63) is 0 Å². The number of amides is 1. The van der Waals surface area contributed by atoms with Crippen LogP contribution in [0.5, 0.6) is 0 Å². The summed E-state index contributed by atoms with van der Waals surface area (Å²) in [5.74, 6) is -0.0250. The van der Waals surface area contributed by atoms with Gasteiger partial charge in [-0.05, 0) is 6.92 Å². The molecule has 0 radical (unpaired) electrons. The Labute approximate surface area is 49.3 Å². The molecule has 3 heteroatoms. The van der Waals surface area contributed by atoms with E-state index in [0.29, 0.717) is 6.54 Å². The number of rotatable bonds is 2. The van der Waals surface area contributed by atoms with E-state index in [1.54, 1.807) is 0 Å². The molecule has 0 saturated heterocycles. The second-order valence-corrected chi connectivity index (χ2v) is 1.84. The standard InChI is InChI=1S/C5H12N2O/c1-4(3-6)7-5(2)8/h4H,3,6H2,1-2H3,(H,7,8)/t4-/m0/s1. The summed E-state index contributed by atoms with van der Waals surface area (Å²) >= 11 is 0. The lowest BCUT2D eigenvalue weighted by Gasteiger charge is -2.07. The van der Waals surface area contributed by atoms with Crippen molar-refractivity contribution in [1.29, 1.82) is 0 Å². The summed E-state index contributed by atoms with van der Waals surface area (Å²) in [5, 5.41) is 2.63. The van der Waals surface area contributed by atoms with E-state index in [9.17, 15) is 4.79 Å². The summed E-state index contributed by atoms with van der Waals surface area (Å²) in [6.07, 6.45) is 0. The van der Waals surface area contributed by atoms with Crippen molar-refractivity contribution in [3.8, 4) is 0 Å². The molecule has 0 aliphatic rings. The Balaban J connectivity index is 3.24. The fraction of sp³-hybridized carbons (Fsp3) is 0.800. The van der Waals surface area contributed by atoms with Crippen LogP contribution in [-0.4, -0.2) is 18.5 Å². The van der Waals surface area contributed by atoms with Crippen LogP contribution in [-0.2, 0) is 4.79 Å². The van der Waals surface area contributed by atoms with Gasteiger partial charge in [-0.3, -0.25) is 4.79 Å². The van der Waals surface area contributed by atoms with Gasteiger partial charge < -0.3 is 11.1 Å². The van der Waals surface area contributed by atoms with E-state index in [1.807, 2.05) is 6.92 Å². The predicted molar refractivity (Wildman–Crippen MR) is 32.3 cm³/mol. The fourth-order valence-corrected chi connectivity index (χ4v) is 0.406. The molecule has 8 heavy (non-hydrogen) atoms. The molecule has 1 amide bonds. The fourth-order valence-electron chi connectivity index (χ4n) is 0.406. The van der Waals surface area contributed by atoms with Crippen molar-refractivity contribution in [3.63, 3.8) is 0 Å². The number of nitrogens with two attached hydrogens (primary N) is 1. The first-order valence-electron chi connectivity index (χ1n) is 2.64. The quantitative estimate of drug-likeness (QED) is 0.509. The van der Waals surface area contributed by atoms with Crippen molar-refractivity contribution >= 4 is 5.91 Å². The van der Waals surface area contributed by atoms with Crippen LogP contribution in [0.4, 0.5) is 0 Å². The molecule has 3 nitrogen and oxygen atoms in total. The molecule has 1 atom stereocenters. The normalized spacial score (nSPS) is 12.9. The van der Waals surface area contributed by atoms with Gasteiger partial charge in [-0.1, -0.05) is 0 Å². The molecule has 0 aromatic heterocycles. The number of hydrogen-bond acceptors (Lipinski definition) is 2. The molecular formula is C5H12N2O. The molecular weight excluding hydrogens is 104 g/mol. The van der Waals surface area contributed by atoms with E-state index in [4.69, 9.17) is 5.73 Å². The maximum absolute atomic E-state index is 10.2. The van der Waals surface area contributed by atoms with Crippen molar-refractivity contribution in [2.24, 2.45) is 5.73 Å². The highest BCUT2D eigenvalue weighted by Crippen LogP contribution is 1.73. The molecule has 0 fully saturated rings. The smallest absolute Gasteiger partial charge is 0.217 e. The van der Waals surface area contributed by atoms with Gasteiger partial charge in [-0.15, -0.1) is 0 Å². The lowest BCUT2D eigenvalue weighted by molar-refractivity contribution is -0.119. The molecule has 0 heterocycles. The first kappa shape index (κ1) is 7.43. The van der Waals surface area contributed by atoms with Gasteiger partial charge >= 0.3 is 0 Å². The third-order valence-electron chi connectivity index (χ3n) is 0.803. The van der Waals surface area contributed by atoms with Crippen LogP contribution in [0.1, 0.15) is 13.8 Å². The summed E-state index contributed by atoms with van der Waals surface area (Å²) in [7, 11) is 0. The van der Waals surface area contributed by atoms with Crippen LogP contribution in [0.25, 0.3) is 0 Å². The molecule has 3 N–H and O–H groups in total. The zero-order valence-electron chi connectivity index (χ0n) is 5.27. The van der Waals surface area contributed by atoms with Gasteiger partial charge in [-0.2, -0.15) is 0 Å². The summed E-state index contributed by atoms with van der Waals surface area (Å²) in [5.41, 5.74) is 5.21. The number of nitrogens with one attached hydrogen (secondary N) is 1. The summed E-state index contributed by atoms with van der Waals surface area (Å²) < 4.78 is 0. The van der Waals surface area contributed by atoms with E-state index < -0.39 is 0 Å². The minimum absolute atomic E-state index is 0.0250. The van der Waals surface area contributed by atoms with Crippen LogP contribution >= 0.6 is 0 Å². The zero-order valence-corrected chi connectivity index (χ0v) is 5.27. The Morgan fingerprint density at radius 2 is 2.38 bits per heavy atom. The monoisotopic (exact) mass is 116 g/mol. The summed E-state index contributed by atoms with van der Waals surface area (Å²) in [6, 6.07) is 0.104. The molecule has 0 aliphatic heterocycles.